The van der Waals surface area contributed by atoms with E-state index < -0.39 is 0 Å². The highest BCUT2D eigenvalue weighted by Gasteiger charge is 2.06. The van der Waals surface area contributed by atoms with E-state index in [0.717, 1.165) is 25.1 Å². The first-order valence-corrected chi connectivity index (χ1v) is 6.84. The fourth-order valence-corrected chi connectivity index (χ4v) is 2.10. The zero-order chi connectivity index (χ0) is 13.5. The molecule has 0 heterocycles. The number of unbranched alkanes of at least 4 members (excludes halogenated alkanes) is 1. The lowest BCUT2D eigenvalue weighted by Crippen LogP contribution is -2.23. The number of anilines is 1. The van der Waals surface area contributed by atoms with Crippen LogP contribution in [0.1, 0.15) is 25.3 Å². The summed E-state index contributed by atoms with van der Waals surface area (Å²) in [5.74, 6) is -0.177. The molecule has 0 spiro atoms. The van der Waals surface area contributed by atoms with Crippen LogP contribution in [-0.2, 0) is 6.54 Å². The summed E-state index contributed by atoms with van der Waals surface area (Å²) < 4.78 is 12.9. The zero-order valence-electron chi connectivity index (χ0n) is 11.3. The molecule has 2 aromatic carbocycles. The normalized spacial score (nSPS) is 10.4. The minimum atomic E-state index is -0.177. The predicted octanol–water partition coefficient (Wildman–Crippen LogP) is 4.63. The second kappa shape index (κ2) is 6.93. The molecule has 0 aliphatic carbocycles. The minimum Gasteiger partial charge on any atom is -0.367 e. The molecule has 0 saturated carbocycles. The predicted molar refractivity (Wildman–Crippen MR) is 78.8 cm³/mol. The largest absolute Gasteiger partial charge is 0.367 e. The van der Waals surface area contributed by atoms with Crippen LogP contribution in [0.25, 0.3) is 0 Å². The van der Waals surface area contributed by atoms with E-state index in [0.29, 0.717) is 0 Å². The van der Waals surface area contributed by atoms with Gasteiger partial charge in [0.05, 0.1) is 0 Å². The molecule has 19 heavy (non-hydrogen) atoms. The van der Waals surface area contributed by atoms with Gasteiger partial charge in [-0.05, 0) is 36.2 Å². The minimum absolute atomic E-state index is 0.177. The van der Waals surface area contributed by atoms with Crippen LogP contribution in [0.2, 0.25) is 0 Å². The van der Waals surface area contributed by atoms with Crippen LogP contribution in [0.4, 0.5) is 10.1 Å². The van der Waals surface area contributed by atoms with Crippen molar-refractivity contribution in [2.24, 2.45) is 0 Å². The maximum absolute atomic E-state index is 12.9. The van der Waals surface area contributed by atoms with Crippen LogP contribution >= 0.6 is 0 Å². The third-order valence-corrected chi connectivity index (χ3v) is 3.19. The molecular weight excluding hydrogens is 237 g/mol. The van der Waals surface area contributed by atoms with E-state index in [2.05, 4.69) is 36.1 Å². The average molecular weight is 257 g/mol. The Bertz CT molecular complexity index is 478. The molecule has 2 rings (SSSR count). The van der Waals surface area contributed by atoms with Crippen molar-refractivity contribution >= 4 is 5.69 Å². The number of benzene rings is 2. The second-order valence-corrected chi connectivity index (χ2v) is 4.74. The fraction of sp³-hybridized carbons (Fsp3) is 0.294. The number of rotatable bonds is 6. The molecule has 0 bridgehead atoms. The first-order valence-electron chi connectivity index (χ1n) is 6.84. The topological polar surface area (TPSA) is 3.24 Å². The van der Waals surface area contributed by atoms with Gasteiger partial charge < -0.3 is 4.90 Å². The van der Waals surface area contributed by atoms with Gasteiger partial charge in [-0.1, -0.05) is 43.7 Å². The Morgan fingerprint density at radius 1 is 0.947 bits per heavy atom. The van der Waals surface area contributed by atoms with Gasteiger partial charge in [-0.3, -0.25) is 0 Å². The molecule has 0 fully saturated rings. The van der Waals surface area contributed by atoms with Gasteiger partial charge in [0.25, 0.3) is 0 Å². The van der Waals surface area contributed by atoms with Gasteiger partial charge in [-0.15, -0.1) is 0 Å². The molecule has 2 aromatic rings. The van der Waals surface area contributed by atoms with Crippen molar-refractivity contribution in [1.82, 2.24) is 0 Å². The van der Waals surface area contributed by atoms with Crippen LogP contribution in [0.3, 0.4) is 0 Å². The standard InChI is InChI=1S/C17H20FN/c1-2-3-13-19(17-7-5-4-6-8-17)14-15-9-11-16(18)12-10-15/h4-12H,2-3,13-14H2,1H3. The van der Waals surface area contributed by atoms with Crippen molar-refractivity contribution in [1.29, 1.82) is 0 Å². The van der Waals surface area contributed by atoms with Crippen LogP contribution < -0.4 is 4.90 Å². The Labute approximate surface area is 114 Å². The molecule has 0 unspecified atom stereocenters. The number of halogens is 1. The zero-order valence-corrected chi connectivity index (χ0v) is 11.3. The summed E-state index contributed by atoms with van der Waals surface area (Å²) in [6, 6.07) is 17.2. The maximum atomic E-state index is 12.9. The van der Waals surface area contributed by atoms with E-state index in [-0.39, 0.29) is 5.82 Å². The molecule has 100 valence electrons. The summed E-state index contributed by atoms with van der Waals surface area (Å²) in [4.78, 5) is 2.34. The van der Waals surface area contributed by atoms with Crippen molar-refractivity contribution in [2.45, 2.75) is 26.3 Å². The molecular formula is C17H20FN. The van der Waals surface area contributed by atoms with Crippen LogP contribution in [0.5, 0.6) is 0 Å². The lowest BCUT2D eigenvalue weighted by molar-refractivity contribution is 0.626. The first-order chi connectivity index (χ1) is 9.29. The van der Waals surface area contributed by atoms with E-state index in [1.54, 1.807) is 0 Å². The van der Waals surface area contributed by atoms with Crippen molar-refractivity contribution in [3.05, 3.63) is 66.0 Å². The number of hydrogen-bond donors (Lipinski definition) is 0. The Hall–Kier alpha value is -1.83. The molecule has 2 heteroatoms. The highest BCUT2D eigenvalue weighted by Crippen LogP contribution is 2.17. The van der Waals surface area contributed by atoms with Gasteiger partial charge in [0.1, 0.15) is 5.82 Å². The summed E-state index contributed by atoms with van der Waals surface area (Å²) in [7, 11) is 0. The van der Waals surface area contributed by atoms with Gasteiger partial charge >= 0.3 is 0 Å². The Morgan fingerprint density at radius 2 is 1.63 bits per heavy atom. The van der Waals surface area contributed by atoms with Crippen LogP contribution in [0, 0.1) is 5.82 Å². The second-order valence-electron chi connectivity index (χ2n) is 4.74. The Kier molecular flexibility index (Phi) is 4.96. The van der Waals surface area contributed by atoms with Gasteiger partial charge in [-0.25, -0.2) is 4.39 Å². The molecule has 0 aliphatic heterocycles. The molecule has 1 nitrogen and oxygen atoms in total. The van der Waals surface area contributed by atoms with E-state index in [9.17, 15) is 4.39 Å². The molecule has 0 aliphatic rings. The van der Waals surface area contributed by atoms with E-state index in [1.807, 2.05) is 18.2 Å². The monoisotopic (exact) mass is 257 g/mol. The van der Waals surface area contributed by atoms with E-state index in [4.69, 9.17) is 0 Å². The van der Waals surface area contributed by atoms with Gasteiger partial charge in [0.2, 0.25) is 0 Å². The van der Waals surface area contributed by atoms with Crippen molar-refractivity contribution < 1.29 is 4.39 Å². The third kappa shape index (κ3) is 4.09. The van der Waals surface area contributed by atoms with Gasteiger partial charge in [-0.2, -0.15) is 0 Å². The maximum Gasteiger partial charge on any atom is 0.123 e. The number of para-hydroxylation sites is 1. The first kappa shape index (κ1) is 13.6. The summed E-state index contributed by atoms with van der Waals surface area (Å²) in [5, 5.41) is 0. The molecule has 0 saturated heterocycles. The fourth-order valence-electron chi connectivity index (χ4n) is 2.10. The highest BCUT2D eigenvalue weighted by atomic mass is 19.1. The van der Waals surface area contributed by atoms with E-state index in [1.165, 1.54) is 24.2 Å². The summed E-state index contributed by atoms with van der Waals surface area (Å²) >= 11 is 0. The SMILES string of the molecule is CCCCN(Cc1ccc(F)cc1)c1ccccc1. The average Bonchev–Trinajstić information content (AvgIpc) is 2.46. The van der Waals surface area contributed by atoms with Crippen molar-refractivity contribution in [3.8, 4) is 0 Å². The molecule has 0 aromatic heterocycles. The van der Waals surface area contributed by atoms with Gasteiger partial charge in [0.15, 0.2) is 0 Å². The Balaban J connectivity index is 2.11. The lowest BCUT2D eigenvalue weighted by Gasteiger charge is -2.25. The van der Waals surface area contributed by atoms with Crippen molar-refractivity contribution in [2.75, 3.05) is 11.4 Å². The van der Waals surface area contributed by atoms with Gasteiger partial charge in [0, 0.05) is 18.8 Å². The molecule has 0 N–H and O–H groups in total. The molecule has 0 radical (unpaired) electrons. The molecule has 0 amide bonds. The summed E-state index contributed by atoms with van der Waals surface area (Å²) in [6.07, 6.45) is 2.34. The van der Waals surface area contributed by atoms with Crippen LogP contribution in [0.15, 0.2) is 54.6 Å². The number of hydrogen-bond acceptors (Lipinski definition) is 1. The lowest BCUT2D eigenvalue weighted by atomic mass is 10.1. The van der Waals surface area contributed by atoms with Crippen LogP contribution in [-0.4, -0.2) is 6.54 Å². The molecule has 0 atom stereocenters. The quantitative estimate of drug-likeness (QED) is 0.729. The number of nitrogens with zero attached hydrogens (tertiary/aromatic N) is 1. The smallest absolute Gasteiger partial charge is 0.123 e. The van der Waals surface area contributed by atoms with E-state index >= 15 is 0 Å². The van der Waals surface area contributed by atoms with Crippen molar-refractivity contribution in [3.63, 3.8) is 0 Å². The Morgan fingerprint density at radius 3 is 2.26 bits per heavy atom. The third-order valence-electron chi connectivity index (χ3n) is 3.19. The summed E-state index contributed by atoms with van der Waals surface area (Å²) in [6.45, 7) is 4.04. The highest BCUT2D eigenvalue weighted by molar-refractivity contribution is 5.46. The summed E-state index contributed by atoms with van der Waals surface area (Å²) in [5.41, 5.74) is 2.36.